The number of nitrogens with zero attached hydrogens (tertiary/aromatic N) is 1. The van der Waals surface area contributed by atoms with E-state index in [0.29, 0.717) is 5.75 Å². The molecular weight excluding hydrogens is 202 g/mol. The summed E-state index contributed by atoms with van der Waals surface area (Å²) in [5, 5.41) is 9.01. The van der Waals surface area contributed by atoms with E-state index in [0.717, 1.165) is 5.57 Å². The van der Waals surface area contributed by atoms with Crippen molar-refractivity contribution in [1.29, 1.82) is 0 Å². The molecule has 2 atom stereocenters. The molecule has 1 fully saturated rings. The highest BCUT2D eigenvalue weighted by molar-refractivity contribution is 8.00. The van der Waals surface area contributed by atoms with Crippen LogP contribution in [0.15, 0.2) is 11.3 Å². The van der Waals surface area contributed by atoms with Crippen molar-refractivity contribution in [3.05, 3.63) is 11.3 Å². The standard InChI is InChI=1S/C9H11NO3S/c1-4-3-14-8-5(2)7(11)10(8)6(4)9(12)13/h5,8H,3H2,1-2H3,(H,12,13)/t5-,8-/m1/s1. The van der Waals surface area contributed by atoms with Crippen LogP contribution in [0.2, 0.25) is 0 Å². The van der Waals surface area contributed by atoms with Crippen molar-refractivity contribution in [1.82, 2.24) is 4.90 Å². The minimum atomic E-state index is -0.993. The molecule has 0 bridgehead atoms. The van der Waals surface area contributed by atoms with Crippen LogP contribution >= 0.6 is 11.8 Å². The van der Waals surface area contributed by atoms with E-state index in [2.05, 4.69) is 0 Å². The normalized spacial score (nSPS) is 31.3. The van der Waals surface area contributed by atoms with Crippen LogP contribution in [0.5, 0.6) is 0 Å². The third-order valence-corrected chi connectivity index (χ3v) is 4.19. The van der Waals surface area contributed by atoms with Gasteiger partial charge in [0.15, 0.2) is 0 Å². The quantitative estimate of drug-likeness (QED) is 0.657. The van der Waals surface area contributed by atoms with Gasteiger partial charge >= 0.3 is 5.97 Å². The van der Waals surface area contributed by atoms with Crippen LogP contribution in [-0.2, 0) is 9.59 Å². The Balaban J connectivity index is 2.37. The predicted molar refractivity (Wildman–Crippen MR) is 52.6 cm³/mol. The van der Waals surface area contributed by atoms with Gasteiger partial charge in [0.25, 0.3) is 0 Å². The molecule has 14 heavy (non-hydrogen) atoms. The van der Waals surface area contributed by atoms with Gasteiger partial charge in [-0.2, -0.15) is 0 Å². The molecule has 5 heteroatoms. The number of rotatable bonds is 1. The number of fused-ring (bicyclic) bond motifs is 1. The SMILES string of the molecule is CC1=C(C(=O)O)N2C(=O)[C@@H](C)[C@H]2SC1. The number of aliphatic carboxylic acids is 1. The second kappa shape index (κ2) is 3.02. The molecule has 2 aliphatic heterocycles. The average Bonchev–Trinajstić information content (AvgIpc) is 2.15. The van der Waals surface area contributed by atoms with E-state index in [4.69, 9.17) is 5.11 Å². The molecular formula is C9H11NO3S. The largest absolute Gasteiger partial charge is 0.477 e. The van der Waals surface area contributed by atoms with Gasteiger partial charge in [0.1, 0.15) is 5.70 Å². The molecule has 76 valence electrons. The van der Waals surface area contributed by atoms with Gasteiger partial charge in [0.05, 0.1) is 11.3 Å². The summed E-state index contributed by atoms with van der Waals surface area (Å²) >= 11 is 1.64. The zero-order chi connectivity index (χ0) is 10.5. The zero-order valence-electron chi connectivity index (χ0n) is 7.98. The van der Waals surface area contributed by atoms with Crippen LogP contribution in [-0.4, -0.2) is 33.0 Å². The molecule has 0 aliphatic carbocycles. The lowest BCUT2D eigenvalue weighted by Gasteiger charge is -2.48. The number of hydrogen-bond acceptors (Lipinski definition) is 3. The van der Waals surface area contributed by atoms with Gasteiger partial charge < -0.3 is 5.11 Å². The Kier molecular flexibility index (Phi) is 2.06. The number of thioether (sulfide) groups is 1. The number of carbonyl (C=O) groups excluding carboxylic acids is 1. The van der Waals surface area contributed by atoms with Crippen molar-refractivity contribution in [2.75, 3.05) is 5.75 Å². The maximum absolute atomic E-state index is 11.5. The number of carboxylic acids is 1. The molecule has 0 spiro atoms. The molecule has 1 N–H and O–H groups in total. The van der Waals surface area contributed by atoms with Crippen LogP contribution in [0.25, 0.3) is 0 Å². The smallest absolute Gasteiger partial charge is 0.352 e. The lowest BCUT2D eigenvalue weighted by atomic mass is 9.98. The second-order valence-electron chi connectivity index (χ2n) is 3.63. The first kappa shape index (κ1) is 9.58. The van der Waals surface area contributed by atoms with Gasteiger partial charge in [-0.25, -0.2) is 4.79 Å². The van der Waals surface area contributed by atoms with Gasteiger partial charge in [-0.15, -0.1) is 11.8 Å². The molecule has 2 rings (SSSR count). The number of amides is 1. The van der Waals surface area contributed by atoms with E-state index in [1.54, 1.807) is 18.7 Å². The van der Waals surface area contributed by atoms with E-state index in [1.165, 1.54) is 4.90 Å². The third-order valence-electron chi connectivity index (χ3n) is 2.63. The molecule has 0 aromatic heterocycles. The minimum Gasteiger partial charge on any atom is -0.477 e. The zero-order valence-corrected chi connectivity index (χ0v) is 8.80. The summed E-state index contributed by atoms with van der Waals surface area (Å²) in [5.41, 5.74) is 0.968. The maximum Gasteiger partial charge on any atom is 0.352 e. The Morgan fingerprint density at radius 2 is 2.29 bits per heavy atom. The first-order valence-corrected chi connectivity index (χ1v) is 5.46. The van der Waals surface area contributed by atoms with Crippen LogP contribution < -0.4 is 0 Å². The lowest BCUT2D eigenvalue weighted by Crippen LogP contribution is -2.60. The van der Waals surface area contributed by atoms with E-state index in [1.807, 2.05) is 6.92 Å². The molecule has 2 heterocycles. The van der Waals surface area contributed by atoms with Gasteiger partial charge in [-0.05, 0) is 12.5 Å². The highest BCUT2D eigenvalue weighted by Crippen LogP contribution is 2.43. The van der Waals surface area contributed by atoms with Gasteiger partial charge in [0.2, 0.25) is 5.91 Å². The molecule has 0 radical (unpaired) electrons. The maximum atomic E-state index is 11.5. The number of hydrogen-bond donors (Lipinski definition) is 1. The summed E-state index contributed by atoms with van der Waals surface area (Å²) in [6.45, 7) is 3.61. The Morgan fingerprint density at radius 1 is 1.64 bits per heavy atom. The first-order chi connectivity index (χ1) is 6.54. The van der Waals surface area contributed by atoms with Crippen LogP contribution in [0.4, 0.5) is 0 Å². The molecule has 0 unspecified atom stereocenters. The Morgan fingerprint density at radius 3 is 2.86 bits per heavy atom. The lowest BCUT2D eigenvalue weighted by molar-refractivity contribution is -0.151. The van der Waals surface area contributed by atoms with Crippen molar-refractivity contribution in [2.24, 2.45) is 5.92 Å². The van der Waals surface area contributed by atoms with E-state index in [9.17, 15) is 9.59 Å². The fourth-order valence-electron chi connectivity index (χ4n) is 1.83. The number of carboxylic acid groups (broad SMARTS) is 1. The Labute approximate surface area is 86.0 Å². The molecule has 0 aromatic carbocycles. The van der Waals surface area contributed by atoms with Crippen LogP contribution in [0.1, 0.15) is 13.8 Å². The summed E-state index contributed by atoms with van der Waals surface area (Å²) < 4.78 is 0. The molecule has 4 nitrogen and oxygen atoms in total. The second-order valence-corrected chi connectivity index (χ2v) is 4.74. The fourth-order valence-corrected chi connectivity index (χ4v) is 3.16. The molecule has 0 aromatic rings. The average molecular weight is 213 g/mol. The van der Waals surface area contributed by atoms with Gasteiger partial charge in [-0.3, -0.25) is 9.69 Å². The highest BCUT2D eigenvalue weighted by Gasteiger charge is 2.50. The third kappa shape index (κ3) is 1.08. The Bertz CT molecular complexity index is 350. The summed E-state index contributed by atoms with van der Waals surface area (Å²) in [4.78, 5) is 23.8. The van der Waals surface area contributed by atoms with Crippen molar-refractivity contribution in [3.8, 4) is 0 Å². The van der Waals surface area contributed by atoms with Crippen molar-refractivity contribution in [3.63, 3.8) is 0 Å². The first-order valence-electron chi connectivity index (χ1n) is 4.41. The van der Waals surface area contributed by atoms with Gasteiger partial charge in [-0.1, -0.05) is 6.92 Å². The van der Waals surface area contributed by atoms with Crippen LogP contribution in [0, 0.1) is 5.92 Å². The summed E-state index contributed by atoms with van der Waals surface area (Å²) in [6.07, 6.45) is 0. The number of β-lactam (4-membered cyclic amide) rings is 1. The monoisotopic (exact) mass is 213 g/mol. The number of carbonyl (C=O) groups is 2. The van der Waals surface area contributed by atoms with Crippen molar-refractivity contribution >= 4 is 23.6 Å². The van der Waals surface area contributed by atoms with E-state index in [-0.39, 0.29) is 22.9 Å². The fraction of sp³-hybridized carbons (Fsp3) is 0.556. The molecule has 1 amide bonds. The summed E-state index contributed by atoms with van der Waals surface area (Å²) in [5.74, 6) is -0.394. The highest BCUT2D eigenvalue weighted by atomic mass is 32.2. The molecule has 0 saturated carbocycles. The van der Waals surface area contributed by atoms with Gasteiger partial charge in [0, 0.05) is 5.75 Å². The Hall–Kier alpha value is -0.970. The summed E-state index contributed by atoms with van der Waals surface area (Å²) in [6, 6.07) is 0. The topological polar surface area (TPSA) is 57.6 Å². The van der Waals surface area contributed by atoms with Crippen molar-refractivity contribution < 1.29 is 14.7 Å². The summed E-state index contributed by atoms with van der Waals surface area (Å²) in [7, 11) is 0. The van der Waals surface area contributed by atoms with E-state index >= 15 is 0 Å². The van der Waals surface area contributed by atoms with Crippen molar-refractivity contribution in [2.45, 2.75) is 19.2 Å². The van der Waals surface area contributed by atoms with Crippen LogP contribution in [0.3, 0.4) is 0 Å². The van der Waals surface area contributed by atoms with E-state index < -0.39 is 5.97 Å². The molecule has 1 saturated heterocycles. The molecule has 2 aliphatic rings. The minimum absolute atomic E-state index is 0.0392. The predicted octanol–water partition coefficient (Wildman–Crippen LogP) is 0.896.